The van der Waals surface area contributed by atoms with Crippen LogP contribution in [0.2, 0.25) is 0 Å². The van der Waals surface area contributed by atoms with Crippen LogP contribution in [0.15, 0.2) is 24.3 Å². The Hall–Kier alpha value is -1.79. The van der Waals surface area contributed by atoms with Crippen LogP contribution >= 0.6 is 0 Å². The molecule has 0 radical (unpaired) electrons. The first-order valence-electron chi connectivity index (χ1n) is 7.30. The normalized spacial score (nSPS) is 20.9. The van der Waals surface area contributed by atoms with Gasteiger partial charge in [0.15, 0.2) is 0 Å². The van der Waals surface area contributed by atoms with Crippen LogP contribution in [0.3, 0.4) is 0 Å². The van der Waals surface area contributed by atoms with E-state index in [1.54, 1.807) is 0 Å². The van der Waals surface area contributed by atoms with Crippen molar-refractivity contribution in [3.63, 3.8) is 0 Å². The maximum Gasteiger partial charge on any atom is 0.240 e. The van der Waals surface area contributed by atoms with Crippen molar-refractivity contribution in [3.8, 4) is 12.3 Å². The van der Waals surface area contributed by atoms with Gasteiger partial charge in [-0.1, -0.05) is 30.2 Å². The Morgan fingerprint density at radius 2 is 2.10 bits per heavy atom. The Morgan fingerprint density at radius 1 is 1.35 bits per heavy atom. The second kappa shape index (κ2) is 5.68. The third kappa shape index (κ3) is 2.86. The molecule has 1 aliphatic heterocycles. The van der Waals surface area contributed by atoms with Crippen molar-refractivity contribution in [3.05, 3.63) is 35.4 Å². The number of rotatable bonds is 4. The highest BCUT2D eigenvalue weighted by Gasteiger charge is 2.31. The van der Waals surface area contributed by atoms with Gasteiger partial charge in [-0.3, -0.25) is 4.79 Å². The molecule has 1 heterocycles. The van der Waals surface area contributed by atoms with Gasteiger partial charge < -0.3 is 10.2 Å². The zero-order valence-corrected chi connectivity index (χ0v) is 11.6. The van der Waals surface area contributed by atoms with Gasteiger partial charge in [0.05, 0.1) is 12.6 Å². The SMILES string of the molecule is C#CCN(CC1CC1)C(=O)C1Cc2ccccc2CN1. The number of nitrogens with one attached hydrogen (secondary N) is 1. The molecule has 1 aliphatic carbocycles. The summed E-state index contributed by atoms with van der Waals surface area (Å²) in [6.45, 7) is 2.01. The average Bonchev–Trinajstić information content (AvgIpc) is 3.29. The molecule has 20 heavy (non-hydrogen) atoms. The molecule has 3 nitrogen and oxygen atoms in total. The highest BCUT2D eigenvalue weighted by Crippen LogP contribution is 2.30. The van der Waals surface area contributed by atoms with Crippen molar-refractivity contribution in [2.45, 2.75) is 31.8 Å². The minimum absolute atomic E-state index is 0.128. The molecule has 104 valence electrons. The first-order chi connectivity index (χ1) is 9.78. The summed E-state index contributed by atoms with van der Waals surface area (Å²) < 4.78 is 0. The van der Waals surface area contributed by atoms with Crippen LogP contribution in [0.5, 0.6) is 0 Å². The number of benzene rings is 1. The van der Waals surface area contributed by atoms with E-state index in [0.29, 0.717) is 12.5 Å². The average molecular weight is 268 g/mol. The molecule has 1 atom stereocenters. The van der Waals surface area contributed by atoms with Crippen LogP contribution in [0.4, 0.5) is 0 Å². The number of carbonyl (C=O) groups is 1. The van der Waals surface area contributed by atoms with E-state index in [1.807, 2.05) is 17.0 Å². The molecule has 1 aromatic carbocycles. The molecule has 0 spiro atoms. The fourth-order valence-electron chi connectivity index (χ4n) is 2.80. The Kier molecular flexibility index (Phi) is 3.75. The van der Waals surface area contributed by atoms with Gasteiger partial charge in [0.1, 0.15) is 0 Å². The topological polar surface area (TPSA) is 32.3 Å². The Balaban J connectivity index is 1.69. The van der Waals surface area contributed by atoms with Crippen LogP contribution in [-0.4, -0.2) is 29.9 Å². The summed E-state index contributed by atoms with van der Waals surface area (Å²) in [5.74, 6) is 3.44. The standard InChI is InChI=1S/C17H20N2O/c1-2-9-19(12-13-7-8-13)17(20)16-10-14-5-3-4-6-15(14)11-18-16/h1,3-6,13,16,18H,7-12H2. The van der Waals surface area contributed by atoms with Gasteiger partial charge >= 0.3 is 0 Å². The van der Waals surface area contributed by atoms with Gasteiger partial charge in [0.2, 0.25) is 5.91 Å². The predicted molar refractivity (Wildman–Crippen MR) is 78.9 cm³/mol. The molecule has 0 saturated heterocycles. The smallest absolute Gasteiger partial charge is 0.240 e. The van der Waals surface area contributed by atoms with E-state index < -0.39 is 0 Å². The Morgan fingerprint density at radius 3 is 2.80 bits per heavy atom. The van der Waals surface area contributed by atoms with Gasteiger partial charge in [-0.2, -0.15) is 0 Å². The molecule has 0 bridgehead atoms. The van der Waals surface area contributed by atoms with Crippen molar-refractivity contribution < 1.29 is 4.79 Å². The van der Waals surface area contributed by atoms with Crippen molar-refractivity contribution in [1.29, 1.82) is 0 Å². The minimum Gasteiger partial charge on any atom is -0.330 e. The first kappa shape index (κ1) is 13.2. The van der Waals surface area contributed by atoms with Crippen LogP contribution in [0.1, 0.15) is 24.0 Å². The van der Waals surface area contributed by atoms with Crippen molar-refractivity contribution >= 4 is 5.91 Å². The molecule has 1 saturated carbocycles. The second-order valence-electron chi connectivity index (χ2n) is 5.77. The van der Waals surface area contributed by atoms with Crippen molar-refractivity contribution in [2.24, 2.45) is 5.92 Å². The van der Waals surface area contributed by atoms with Crippen molar-refractivity contribution in [1.82, 2.24) is 10.2 Å². The summed E-state index contributed by atoms with van der Waals surface area (Å²) in [6, 6.07) is 8.18. The zero-order chi connectivity index (χ0) is 13.9. The van der Waals surface area contributed by atoms with E-state index in [2.05, 4.69) is 23.4 Å². The summed E-state index contributed by atoms with van der Waals surface area (Å²) in [5.41, 5.74) is 2.57. The lowest BCUT2D eigenvalue weighted by Crippen LogP contribution is -2.50. The lowest BCUT2D eigenvalue weighted by Gasteiger charge is -2.30. The molecular formula is C17H20N2O. The number of nitrogens with zero attached hydrogens (tertiary/aromatic N) is 1. The van der Waals surface area contributed by atoms with Gasteiger partial charge in [0.25, 0.3) is 0 Å². The van der Waals surface area contributed by atoms with Gasteiger partial charge in [0, 0.05) is 13.1 Å². The zero-order valence-electron chi connectivity index (χ0n) is 11.6. The largest absolute Gasteiger partial charge is 0.330 e. The van der Waals surface area contributed by atoms with E-state index in [0.717, 1.165) is 19.5 Å². The molecule has 1 amide bonds. The molecule has 1 unspecified atom stereocenters. The van der Waals surface area contributed by atoms with E-state index in [-0.39, 0.29) is 11.9 Å². The van der Waals surface area contributed by atoms with Gasteiger partial charge in [-0.15, -0.1) is 6.42 Å². The second-order valence-corrected chi connectivity index (χ2v) is 5.77. The fourth-order valence-corrected chi connectivity index (χ4v) is 2.80. The van der Waals surface area contributed by atoms with E-state index in [4.69, 9.17) is 6.42 Å². The number of carbonyl (C=O) groups excluding carboxylic acids is 1. The van der Waals surface area contributed by atoms with E-state index in [1.165, 1.54) is 24.0 Å². The summed E-state index contributed by atoms with van der Waals surface area (Å²) in [7, 11) is 0. The highest BCUT2D eigenvalue weighted by atomic mass is 16.2. The van der Waals surface area contributed by atoms with Crippen LogP contribution in [0.25, 0.3) is 0 Å². The summed E-state index contributed by atoms with van der Waals surface area (Å²) in [5, 5.41) is 3.35. The fraction of sp³-hybridized carbons (Fsp3) is 0.471. The van der Waals surface area contributed by atoms with Crippen LogP contribution in [0, 0.1) is 18.3 Å². The maximum atomic E-state index is 12.6. The number of hydrogen-bond acceptors (Lipinski definition) is 2. The maximum absolute atomic E-state index is 12.6. The molecule has 3 heteroatoms. The molecule has 1 fully saturated rings. The number of terminal acetylenes is 1. The van der Waals surface area contributed by atoms with Gasteiger partial charge in [-0.25, -0.2) is 0 Å². The molecule has 2 aliphatic rings. The van der Waals surface area contributed by atoms with Gasteiger partial charge in [-0.05, 0) is 36.3 Å². The number of amides is 1. The van der Waals surface area contributed by atoms with E-state index in [9.17, 15) is 4.79 Å². The quantitative estimate of drug-likeness (QED) is 0.841. The third-order valence-corrected chi connectivity index (χ3v) is 4.15. The Bertz CT molecular complexity index is 542. The van der Waals surface area contributed by atoms with Crippen LogP contribution in [-0.2, 0) is 17.8 Å². The summed E-state index contributed by atoms with van der Waals surface area (Å²) in [4.78, 5) is 14.5. The van der Waals surface area contributed by atoms with E-state index >= 15 is 0 Å². The van der Waals surface area contributed by atoms with Crippen LogP contribution < -0.4 is 5.32 Å². The molecule has 1 aromatic rings. The number of fused-ring (bicyclic) bond motifs is 1. The minimum atomic E-state index is -0.128. The Labute approximate surface area is 120 Å². The summed E-state index contributed by atoms with van der Waals surface area (Å²) >= 11 is 0. The lowest BCUT2D eigenvalue weighted by molar-refractivity contribution is -0.133. The monoisotopic (exact) mass is 268 g/mol. The molecule has 0 aromatic heterocycles. The first-order valence-corrected chi connectivity index (χ1v) is 7.30. The highest BCUT2D eigenvalue weighted by molar-refractivity contribution is 5.83. The third-order valence-electron chi connectivity index (χ3n) is 4.15. The molecule has 3 rings (SSSR count). The predicted octanol–water partition coefficient (Wildman–Crippen LogP) is 1.57. The lowest BCUT2D eigenvalue weighted by atomic mass is 9.95. The molecule has 1 N–H and O–H groups in total. The molecular weight excluding hydrogens is 248 g/mol. The summed E-state index contributed by atoms with van der Waals surface area (Å²) in [6.07, 6.45) is 8.63. The number of hydrogen-bond donors (Lipinski definition) is 1. The van der Waals surface area contributed by atoms with Crippen molar-refractivity contribution in [2.75, 3.05) is 13.1 Å².